The average Bonchev–Trinajstić information content (AvgIpc) is 2.95. The van der Waals surface area contributed by atoms with Gasteiger partial charge in [-0.1, -0.05) is 36.4 Å². The number of hydrogen-bond acceptors (Lipinski definition) is 8. The summed E-state index contributed by atoms with van der Waals surface area (Å²) in [5.74, 6) is 0.175. The molecular formula is C28H26FN7O2. The minimum absolute atomic E-state index is 0.0121. The molecule has 0 aliphatic heterocycles. The molecule has 0 aliphatic rings. The number of benzene rings is 2. The van der Waals surface area contributed by atoms with Crippen molar-refractivity contribution in [2.75, 3.05) is 23.8 Å². The van der Waals surface area contributed by atoms with E-state index in [1.165, 1.54) is 24.4 Å². The van der Waals surface area contributed by atoms with Crippen LogP contribution < -0.4 is 16.0 Å². The number of carbonyl (C=O) groups is 1. The fourth-order valence-electron chi connectivity index (χ4n) is 3.68. The van der Waals surface area contributed by atoms with Gasteiger partial charge < -0.3 is 21.1 Å². The molecule has 38 heavy (non-hydrogen) atoms. The predicted molar refractivity (Wildman–Crippen MR) is 142 cm³/mol. The Hall–Kier alpha value is -4.88. The van der Waals surface area contributed by atoms with E-state index >= 15 is 0 Å². The van der Waals surface area contributed by atoms with Crippen molar-refractivity contribution in [3.05, 3.63) is 101 Å². The van der Waals surface area contributed by atoms with Gasteiger partial charge in [-0.15, -0.1) is 0 Å². The molecule has 2 aromatic carbocycles. The van der Waals surface area contributed by atoms with Crippen LogP contribution in [-0.4, -0.2) is 39.1 Å². The van der Waals surface area contributed by atoms with Crippen LogP contribution >= 0.6 is 0 Å². The number of aliphatic hydroxyl groups is 1. The van der Waals surface area contributed by atoms with Crippen LogP contribution in [0.25, 0.3) is 11.3 Å². The quantitative estimate of drug-likeness (QED) is 0.250. The predicted octanol–water partition coefficient (Wildman–Crippen LogP) is 4.06. The van der Waals surface area contributed by atoms with Crippen LogP contribution in [0.5, 0.6) is 0 Å². The molecule has 0 aliphatic carbocycles. The van der Waals surface area contributed by atoms with Crippen molar-refractivity contribution in [2.45, 2.75) is 19.5 Å². The van der Waals surface area contributed by atoms with Gasteiger partial charge in [-0.3, -0.25) is 9.78 Å². The summed E-state index contributed by atoms with van der Waals surface area (Å²) >= 11 is 0. The number of nitrogens with one attached hydrogen (secondary N) is 3. The standard InChI is InChI=1S/C28H26FN7O2/c1-18(21-6-8-23(29)9-7-21)36-28(38)24-12-20(13-30)15-35-27(24)34-14-19-2-4-22(5-3-19)25-16-33-26(17-32-25)31-10-11-37/h2-9,12,15-18,37H,10-11,14H2,1H3,(H,31,33)(H,34,35)(H,36,38)/t18-/m0/s1. The Balaban J connectivity index is 1.43. The first kappa shape index (κ1) is 26.2. The lowest BCUT2D eigenvalue weighted by molar-refractivity contribution is 0.0940. The van der Waals surface area contributed by atoms with Crippen molar-refractivity contribution < 1.29 is 14.3 Å². The Bertz CT molecular complexity index is 1420. The molecule has 1 amide bonds. The van der Waals surface area contributed by atoms with Crippen LogP contribution in [0, 0.1) is 17.1 Å². The summed E-state index contributed by atoms with van der Waals surface area (Å²) in [6, 6.07) is 16.7. The van der Waals surface area contributed by atoms with Gasteiger partial charge in [-0.2, -0.15) is 5.26 Å². The van der Waals surface area contributed by atoms with Crippen LogP contribution in [0.2, 0.25) is 0 Å². The van der Waals surface area contributed by atoms with E-state index in [0.717, 1.165) is 16.7 Å². The smallest absolute Gasteiger partial charge is 0.255 e. The van der Waals surface area contributed by atoms with E-state index in [1.54, 1.807) is 31.5 Å². The number of hydrogen-bond donors (Lipinski definition) is 4. The first-order valence-electron chi connectivity index (χ1n) is 11.9. The molecule has 0 radical (unpaired) electrons. The molecule has 4 aromatic rings. The summed E-state index contributed by atoms with van der Waals surface area (Å²) in [5.41, 5.74) is 3.79. The third-order valence-electron chi connectivity index (χ3n) is 5.76. The van der Waals surface area contributed by atoms with Crippen molar-refractivity contribution in [1.29, 1.82) is 5.26 Å². The number of amides is 1. The van der Waals surface area contributed by atoms with Crippen molar-refractivity contribution in [2.24, 2.45) is 0 Å². The molecule has 192 valence electrons. The van der Waals surface area contributed by atoms with E-state index in [2.05, 4.69) is 30.9 Å². The zero-order valence-corrected chi connectivity index (χ0v) is 20.6. The third-order valence-corrected chi connectivity index (χ3v) is 5.76. The molecule has 0 unspecified atom stereocenters. The SMILES string of the molecule is C[C@H](NC(=O)c1cc(C#N)cnc1NCc1ccc(-c2cnc(NCCO)cn2)cc1)c1ccc(F)cc1. The topological polar surface area (TPSA) is 136 Å². The summed E-state index contributed by atoms with van der Waals surface area (Å²) in [7, 11) is 0. The lowest BCUT2D eigenvalue weighted by Gasteiger charge is -2.16. The van der Waals surface area contributed by atoms with Crippen molar-refractivity contribution in [1.82, 2.24) is 20.3 Å². The van der Waals surface area contributed by atoms with E-state index in [9.17, 15) is 14.4 Å². The highest BCUT2D eigenvalue weighted by Crippen LogP contribution is 2.21. The fraction of sp³-hybridized carbons (Fsp3) is 0.179. The van der Waals surface area contributed by atoms with Crippen LogP contribution in [0.15, 0.2) is 73.2 Å². The van der Waals surface area contributed by atoms with Crippen molar-refractivity contribution >= 4 is 17.5 Å². The molecule has 0 bridgehead atoms. The number of halogens is 1. The molecule has 10 heteroatoms. The maximum atomic E-state index is 13.2. The number of pyridine rings is 1. The summed E-state index contributed by atoms with van der Waals surface area (Å²) < 4.78 is 13.2. The first-order valence-corrected chi connectivity index (χ1v) is 11.9. The van der Waals surface area contributed by atoms with Gasteiger partial charge in [0.05, 0.1) is 41.9 Å². The van der Waals surface area contributed by atoms with E-state index in [4.69, 9.17) is 5.11 Å². The molecule has 0 spiro atoms. The summed E-state index contributed by atoms with van der Waals surface area (Å²) in [6.45, 7) is 2.60. The molecule has 9 nitrogen and oxygen atoms in total. The number of aromatic nitrogens is 3. The first-order chi connectivity index (χ1) is 18.5. The Morgan fingerprint density at radius 2 is 1.79 bits per heavy atom. The zero-order chi connectivity index (χ0) is 26.9. The van der Waals surface area contributed by atoms with Gasteiger partial charge in [-0.25, -0.2) is 14.4 Å². The number of nitrogens with zero attached hydrogens (tertiary/aromatic N) is 4. The summed E-state index contributed by atoms with van der Waals surface area (Å²) in [4.78, 5) is 26.1. The van der Waals surface area contributed by atoms with Gasteiger partial charge >= 0.3 is 0 Å². The second kappa shape index (κ2) is 12.4. The number of nitriles is 1. The molecule has 4 N–H and O–H groups in total. The van der Waals surface area contributed by atoms with Gasteiger partial charge in [0.25, 0.3) is 5.91 Å². The number of carbonyl (C=O) groups excluding carboxylic acids is 1. The van der Waals surface area contributed by atoms with Crippen LogP contribution in [0.4, 0.5) is 16.0 Å². The van der Waals surface area contributed by atoms with Crippen LogP contribution in [0.3, 0.4) is 0 Å². The monoisotopic (exact) mass is 511 g/mol. The molecule has 1 atom stereocenters. The lowest BCUT2D eigenvalue weighted by Crippen LogP contribution is -2.28. The second-order valence-corrected chi connectivity index (χ2v) is 8.47. The Labute approximate surface area is 219 Å². The van der Waals surface area contributed by atoms with Gasteiger partial charge in [0.15, 0.2) is 0 Å². The largest absolute Gasteiger partial charge is 0.395 e. The van der Waals surface area contributed by atoms with Crippen molar-refractivity contribution in [3.8, 4) is 17.3 Å². The molecule has 0 fully saturated rings. The maximum absolute atomic E-state index is 13.2. The maximum Gasteiger partial charge on any atom is 0.255 e. The zero-order valence-electron chi connectivity index (χ0n) is 20.6. The number of anilines is 2. The Morgan fingerprint density at radius 3 is 2.45 bits per heavy atom. The molecule has 2 aromatic heterocycles. The molecular weight excluding hydrogens is 485 g/mol. The van der Waals surface area contributed by atoms with Crippen LogP contribution in [0.1, 0.15) is 40.0 Å². The summed E-state index contributed by atoms with van der Waals surface area (Å²) in [5, 5.41) is 27.2. The highest BCUT2D eigenvalue weighted by Gasteiger charge is 2.17. The van der Waals surface area contributed by atoms with Gasteiger partial charge in [0.1, 0.15) is 23.5 Å². The van der Waals surface area contributed by atoms with E-state index in [1.807, 2.05) is 30.3 Å². The minimum atomic E-state index is -0.403. The lowest BCUT2D eigenvalue weighted by atomic mass is 10.1. The van der Waals surface area contributed by atoms with E-state index in [-0.39, 0.29) is 29.6 Å². The van der Waals surface area contributed by atoms with E-state index in [0.29, 0.717) is 30.4 Å². The molecule has 4 rings (SSSR count). The number of aliphatic hydroxyl groups excluding tert-OH is 1. The minimum Gasteiger partial charge on any atom is -0.395 e. The summed E-state index contributed by atoms with van der Waals surface area (Å²) in [6.07, 6.45) is 4.68. The molecule has 2 heterocycles. The highest BCUT2D eigenvalue weighted by molar-refractivity contribution is 5.99. The second-order valence-electron chi connectivity index (χ2n) is 8.47. The highest BCUT2D eigenvalue weighted by atomic mass is 19.1. The van der Waals surface area contributed by atoms with Crippen LogP contribution in [-0.2, 0) is 6.54 Å². The van der Waals surface area contributed by atoms with Crippen molar-refractivity contribution in [3.63, 3.8) is 0 Å². The Kier molecular flexibility index (Phi) is 8.53. The Morgan fingerprint density at radius 1 is 1.03 bits per heavy atom. The molecule has 0 saturated heterocycles. The van der Waals surface area contributed by atoms with E-state index < -0.39 is 5.91 Å². The van der Waals surface area contributed by atoms with Gasteiger partial charge in [-0.05, 0) is 36.2 Å². The number of rotatable bonds is 10. The van der Waals surface area contributed by atoms with Gasteiger partial charge in [0.2, 0.25) is 0 Å². The average molecular weight is 512 g/mol. The normalized spacial score (nSPS) is 11.3. The molecule has 0 saturated carbocycles. The van der Waals surface area contributed by atoms with Gasteiger partial charge in [0, 0.05) is 24.8 Å². The third kappa shape index (κ3) is 6.66. The fourth-order valence-corrected chi connectivity index (χ4v) is 3.68.